The maximum absolute atomic E-state index is 11.5. The number of nitrogens with zero attached hydrogens (tertiary/aromatic N) is 1. The Morgan fingerprint density at radius 2 is 2.00 bits per heavy atom. The Kier molecular flexibility index (Phi) is 5.57. The molecule has 0 aliphatic rings. The molecule has 0 spiro atoms. The predicted molar refractivity (Wildman–Crippen MR) is 82.8 cm³/mol. The van der Waals surface area contributed by atoms with Crippen LogP contribution in [-0.4, -0.2) is 18.0 Å². The van der Waals surface area contributed by atoms with Crippen molar-refractivity contribution in [3.8, 4) is 0 Å². The van der Waals surface area contributed by atoms with Crippen LogP contribution in [0.5, 0.6) is 0 Å². The summed E-state index contributed by atoms with van der Waals surface area (Å²) in [5.41, 5.74) is 2.74. The molecule has 6 nitrogen and oxygen atoms in total. The summed E-state index contributed by atoms with van der Waals surface area (Å²) in [6.45, 7) is 0.121. The van der Waals surface area contributed by atoms with Crippen LogP contribution in [0.25, 0.3) is 0 Å². The second-order valence-electron chi connectivity index (χ2n) is 4.13. The lowest BCUT2D eigenvalue weighted by Crippen LogP contribution is -2.37. The zero-order valence-corrected chi connectivity index (χ0v) is 12.7. The van der Waals surface area contributed by atoms with Crippen LogP contribution in [0.3, 0.4) is 0 Å². The predicted octanol–water partition coefficient (Wildman–Crippen LogP) is 2.35. The number of benzene rings is 1. The molecule has 0 bridgehead atoms. The van der Waals surface area contributed by atoms with Crippen molar-refractivity contribution in [1.29, 1.82) is 0 Å². The van der Waals surface area contributed by atoms with Crippen LogP contribution in [0, 0.1) is 0 Å². The summed E-state index contributed by atoms with van der Waals surface area (Å²) >= 11 is 11.6. The molecule has 2 amide bonds. The standard InChI is InChI=1S/C14H11Cl2N3O3/c15-11-4-3-9(6-12(11)16)7-18-19-14(21)13(20)17-8-10-2-1-5-22-10/h1-7H,8H2,(H,17,20)(H,19,21). The first-order chi connectivity index (χ1) is 10.6. The Hall–Kier alpha value is -2.31. The summed E-state index contributed by atoms with van der Waals surface area (Å²) in [6.07, 6.45) is 2.82. The normalized spacial score (nSPS) is 10.6. The zero-order valence-electron chi connectivity index (χ0n) is 11.2. The SMILES string of the molecule is O=C(NCc1ccco1)C(=O)NN=Cc1ccc(Cl)c(Cl)c1. The van der Waals surface area contributed by atoms with Crippen LogP contribution >= 0.6 is 23.2 Å². The molecule has 8 heteroatoms. The molecule has 0 aliphatic carbocycles. The van der Waals surface area contributed by atoms with Crippen molar-refractivity contribution in [2.24, 2.45) is 5.10 Å². The summed E-state index contributed by atoms with van der Waals surface area (Å²) in [4.78, 5) is 23.0. The van der Waals surface area contributed by atoms with Gasteiger partial charge in [-0.25, -0.2) is 5.43 Å². The van der Waals surface area contributed by atoms with Gasteiger partial charge in [-0.05, 0) is 29.8 Å². The van der Waals surface area contributed by atoms with Crippen LogP contribution in [0.4, 0.5) is 0 Å². The molecule has 1 aromatic heterocycles. The highest BCUT2D eigenvalue weighted by Crippen LogP contribution is 2.21. The van der Waals surface area contributed by atoms with E-state index in [-0.39, 0.29) is 6.54 Å². The van der Waals surface area contributed by atoms with Gasteiger partial charge in [0.25, 0.3) is 0 Å². The van der Waals surface area contributed by atoms with Gasteiger partial charge >= 0.3 is 11.8 Å². The average molecular weight is 340 g/mol. The molecule has 2 N–H and O–H groups in total. The third-order valence-corrected chi connectivity index (χ3v) is 3.27. The van der Waals surface area contributed by atoms with E-state index in [0.29, 0.717) is 21.4 Å². The molecule has 1 aromatic carbocycles. The fourth-order valence-corrected chi connectivity index (χ4v) is 1.78. The molecule has 1 heterocycles. The van der Waals surface area contributed by atoms with Gasteiger partial charge in [0.2, 0.25) is 0 Å². The van der Waals surface area contributed by atoms with E-state index in [1.807, 2.05) is 0 Å². The van der Waals surface area contributed by atoms with E-state index >= 15 is 0 Å². The fourth-order valence-electron chi connectivity index (χ4n) is 1.47. The van der Waals surface area contributed by atoms with E-state index in [9.17, 15) is 9.59 Å². The second kappa shape index (κ2) is 7.63. The van der Waals surface area contributed by atoms with Gasteiger partial charge < -0.3 is 9.73 Å². The summed E-state index contributed by atoms with van der Waals surface area (Å²) in [7, 11) is 0. The molecule has 0 saturated carbocycles. The first-order valence-corrected chi connectivity index (χ1v) is 6.90. The number of hydrogen-bond donors (Lipinski definition) is 2. The number of amides is 2. The van der Waals surface area contributed by atoms with Gasteiger partial charge in [-0.2, -0.15) is 5.10 Å². The van der Waals surface area contributed by atoms with Crippen LogP contribution in [-0.2, 0) is 16.1 Å². The van der Waals surface area contributed by atoms with E-state index in [1.54, 1.807) is 30.3 Å². The smallest absolute Gasteiger partial charge is 0.329 e. The highest BCUT2D eigenvalue weighted by molar-refractivity contribution is 6.42. The lowest BCUT2D eigenvalue weighted by molar-refractivity contribution is -0.139. The number of nitrogens with one attached hydrogen (secondary N) is 2. The van der Waals surface area contributed by atoms with Crippen molar-refractivity contribution in [2.75, 3.05) is 0 Å². The Morgan fingerprint density at radius 1 is 1.18 bits per heavy atom. The van der Waals surface area contributed by atoms with Crippen molar-refractivity contribution in [3.05, 3.63) is 58.0 Å². The highest BCUT2D eigenvalue weighted by Gasteiger charge is 2.12. The second-order valence-corrected chi connectivity index (χ2v) is 4.95. The molecular formula is C14H11Cl2N3O3. The van der Waals surface area contributed by atoms with Crippen molar-refractivity contribution in [3.63, 3.8) is 0 Å². The van der Waals surface area contributed by atoms with Gasteiger partial charge in [-0.1, -0.05) is 29.3 Å². The maximum atomic E-state index is 11.5. The highest BCUT2D eigenvalue weighted by atomic mass is 35.5. The van der Waals surface area contributed by atoms with Crippen LogP contribution in [0.15, 0.2) is 46.1 Å². The molecule has 0 radical (unpaired) electrons. The van der Waals surface area contributed by atoms with E-state index in [4.69, 9.17) is 27.6 Å². The van der Waals surface area contributed by atoms with Crippen molar-refractivity contribution >= 4 is 41.2 Å². The number of carbonyl (C=O) groups excluding carboxylic acids is 2. The molecule has 22 heavy (non-hydrogen) atoms. The lowest BCUT2D eigenvalue weighted by atomic mass is 10.2. The molecular weight excluding hydrogens is 329 g/mol. The van der Waals surface area contributed by atoms with Crippen molar-refractivity contribution in [2.45, 2.75) is 6.54 Å². The van der Waals surface area contributed by atoms with E-state index in [2.05, 4.69) is 15.8 Å². The van der Waals surface area contributed by atoms with Crippen molar-refractivity contribution in [1.82, 2.24) is 10.7 Å². The van der Waals surface area contributed by atoms with E-state index < -0.39 is 11.8 Å². The molecule has 0 aliphatic heterocycles. The van der Waals surface area contributed by atoms with Gasteiger partial charge in [-0.15, -0.1) is 0 Å². The lowest BCUT2D eigenvalue weighted by Gasteiger charge is -2.01. The summed E-state index contributed by atoms with van der Waals surface area (Å²) < 4.78 is 5.02. The topological polar surface area (TPSA) is 83.7 Å². The minimum absolute atomic E-state index is 0.121. The fraction of sp³-hybridized carbons (Fsp3) is 0.0714. The van der Waals surface area contributed by atoms with Gasteiger partial charge in [0.05, 0.1) is 29.1 Å². The number of hydrazone groups is 1. The van der Waals surface area contributed by atoms with Crippen LogP contribution in [0.1, 0.15) is 11.3 Å². The zero-order chi connectivity index (χ0) is 15.9. The number of carbonyl (C=O) groups is 2. The van der Waals surface area contributed by atoms with Crippen LogP contribution < -0.4 is 10.7 Å². The van der Waals surface area contributed by atoms with Gasteiger partial charge in [0, 0.05) is 0 Å². The average Bonchev–Trinajstić information content (AvgIpc) is 3.01. The Balaban J connectivity index is 1.82. The molecule has 0 atom stereocenters. The third-order valence-electron chi connectivity index (χ3n) is 2.53. The first kappa shape index (κ1) is 16.1. The van der Waals surface area contributed by atoms with Gasteiger partial charge in [0.15, 0.2) is 0 Å². The van der Waals surface area contributed by atoms with Gasteiger partial charge in [-0.3, -0.25) is 9.59 Å². The van der Waals surface area contributed by atoms with E-state index in [0.717, 1.165) is 0 Å². The largest absolute Gasteiger partial charge is 0.467 e. The third kappa shape index (κ3) is 4.61. The van der Waals surface area contributed by atoms with Crippen LogP contribution in [0.2, 0.25) is 10.0 Å². The number of rotatable bonds is 4. The Labute approximate surface area is 136 Å². The van der Waals surface area contributed by atoms with Gasteiger partial charge in [0.1, 0.15) is 5.76 Å². The molecule has 2 aromatic rings. The molecule has 2 rings (SSSR count). The van der Waals surface area contributed by atoms with E-state index in [1.165, 1.54) is 12.5 Å². The minimum atomic E-state index is -0.886. The molecule has 0 fully saturated rings. The Morgan fingerprint density at radius 3 is 2.68 bits per heavy atom. The van der Waals surface area contributed by atoms with Crippen molar-refractivity contribution < 1.29 is 14.0 Å². The summed E-state index contributed by atoms with van der Waals surface area (Å²) in [5.74, 6) is -1.16. The molecule has 0 saturated heterocycles. The summed E-state index contributed by atoms with van der Waals surface area (Å²) in [6, 6.07) is 8.21. The Bertz CT molecular complexity index is 699. The molecule has 114 valence electrons. The number of hydrogen-bond acceptors (Lipinski definition) is 4. The summed E-state index contributed by atoms with van der Waals surface area (Å²) in [5, 5.41) is 6.85. The first-order valence-electron chi connectivity index (χ1n) is 6.15. The number of furan rings is 1. The quantitative estimate of drug-likeness (QED) is 0.509. The minimum Gasteiger partial charge on any atom is -0.467 e. The maximum Gasteiger partial charge on any atom is 0.329 e. The number of halogens is 2. The monoisotopic (exact) mass is 339 g/mol. The molecule has 0 unspecified atom stereocenters.